The Balaban J connectivity index is 2.85. The summed E-state index contributed by atoms with van der Waals surface area (Å²) in [5.41, 5.74) is -0.782. The summed E-state index contributed by atoms with van der Waals surface area (Å²) in [7, 11) is 0. The summed E-state index contributed by atoms with van der Waals surface area (Å²) in [6.45, 7) is 4.92. The van der Waals surface area contributed by atoms with Crippen LogP contribution in [0.3, 0.4) is 0 Å². The molecule has 96 valence electrons. The van der Waals surface area contributed by atoms with Crippen molar-refractivity contribution in [3.63, 3.8) is 0 Å². The standard InChI is InChI=1S/C10H16N2O5/c1-10(2,3)17-9(14)11-7(12(15)16)5-4-6-8(11)13/h7H,4-6H2,1-3H3. The lowest BCUT2D eigenvalue weighted by atomic mass is 10.1. The van der Waals surface area contributed by atoms with Crippen molar-refractivity contribution in [1.29, 1.82) is 0 Å². The molecule has 0 saturated carbocycles. The first-order chi connectivity index (χ1) is 7.72. The zero-order valence-corrected chi connectivity index (χ0v) is 10.1. The summed E-state index contributed by atoms with van der Waals surface area (Å²) in [5.74, 6) is -0.549. The number of hydrogen-bond acceptors (Lipinski definition) is 5. The third kappa shape index (κ3) is 3.40. The van der Waals surface area contributed by atoms with Gasteiger partial charge in [0.25, 0.3) is 6.17 Å². The second-order valence-corrected chi connectivity index (χ2v) is 4.90. The van der Waals surface area contributed by atoms with Gasteiger partial charge in [0.1, 0.15) is 5.60 Å². The van der Waals surface area contributed by atoms with Crippen molar-refractivity contribution in [3.05, 3.63) is 10.1 Å². The van der Waals surface area contributed by atoms with Gasteiger partial charge in [-0.25, -0.2) is 4.79 Å². The molecule has 17 heavy (non-hydrogen) atoms. The van der Waals surface area contributed by atoms with Crippen LogP contribution in [-0.2, 0) is 9.53 Å². The molecule has 0 aliphatic carbocycles. The molecular weight excluding hydrogens is 228 g/mol. The van der Waals surface area contributed by atoms with Gasteiger partial charge in [-0.3, -0.25) is 14.9 Å². The second kappa shape index (κ2) is 4.68. The minimum Gasteiger partial charge on any atom is -0.443 e. The Bertz CT molecular complexity index is 347. The second-order valence-electron chi connectivity index (χ2n) is 4.90. The Kier molecular flexibility index (Phi) is 3.69. The van der Waals surface area contributed by atoms with Crippen LogP contribution in [0.2, 0.25) is 0 Å². The third-order valence-electron chi connectivity index (χ3n) is 2.25. The van der Waals surface area contributed by atoms with Crippen LogP contribution in [0.5, 0.6) is 0 Å². The molecule has 1 saturated heterocycles. The van der Waals surface area contributed by atoms with Crippen LogP contribution in [0.1, 0.15) is 40.0 Å². The molecular formula is C10H16N2O5. The first-order valence-electron chi connectivity index (χ1n) is 5.41. The molecule has 1 atom stereocenters. The molecule has 0 aromatic heterocycles. The van der Waals surface area contributed by atoms with Crippen molar-refractivity contribution in [3.8, 4) is 0 Å². The summed E-state index contributed by atoms with van der Waals surface area (Å²) >= 11 is 0. The maximum Gasteiger partial charge on any atom is 0.422 e. The minimum absolute atomic E-state index is 0.142. The first kappa shape index (κ1) is 13.4. The Morgan fingerprint density at radius 2 is 2.12 bits per heavy atom. The van der Waals surface area contributed by atoms with Crippen molar-refractivity contribution in [2.75, 3.05) is 0 Å². The average molecular weight is 244 g/mol. The number of carbonyl (C=O) groups excluding carboxylic acids is 2. The highest BCUT2D eigenvalue weighted by Crippen LogP contribution is 2.21. The van der Waals surface area contributed by atoms with E-state index in [2.05, 4.69) is 0 Å². The molecule has 1 rings (SSSR count). The smallest absolute Gasteiger partial charge is 0.422 e. The first-order valence-corrected chi connectivity index (χ1v) is 5.41. The lowest BCUT2D eigenvalue weighted by molar-refractivity contribution is -0.544. The van der Waals surface area contributed by atoms with E-state index < -0.39 is 28.7 Å². The van der Waals surface area contributed by atoms with Gasteiger partial charge in [0, 0.05) is 17.8 Å². The zero-order valence-electron chi connectivity index (χ0n) is 10.1. The van der Waals surface area contributed by atoms with E-state index in [1.807, 2.05) is 0 Å². The fourth-order valence-electron chi connectivity index (χ4n) is 1.59. The summed E-state index contributed by atoms with van der Waals surface area (Å²) in [5, 5.41) is 10.8. The van der Waals surface area contributed by atoms with E-state index in [0.717, 1.165) is 0 Å². The number of hydrogen-bond donors (Lipinski definition) is 0. The largest absolute Gasteiger partial charge is 0.443 e. The van der Waals surface area contributed by atoms with Gasteiger partial charge >= 0.3 is 6.09 Å². The highest BCUT2D eigenvalue weighted by atomic mass is 16.6. The molecule has 0 N–H and O–H groups in total. The van der Waals surface area contributed by atoms with Gasteiger partial charge < -0.3 is 4.74 Å². The van der Waals surface area contributed by atoms with Gasteiger partial charge in [-0.2, -0.15) is 4.90 Å². The lowest BCUT2D eigenvalue weighted by Gasteiger charge is -2.30. The van der Waals surface area contributed by atoms with Crippen molar-refractivity contribution in [2.24, 2.45) is 0 Å². The SMILES string of the molecule is CC(C)(C)OC(=O)N1C(=O)CCCC1[N+](=O)[O-]. The topological polar surface area (TPSA) is 89.8 Å². The van der Waals surface area contributed by atoms with Crippen LogP contribution >= 0.6 is 0 Å². The predicted molar refractivity (Wildman–Crippen MR) is 57.7 cm³/mol. The lowest BCUT2D eigenvalue weighted by Crippen LogP contribution is -2.52. The summed E-state index contributed by atoms with van der Waals surface area (Å²) in [6.07, 6.45) is -1.50. The summed E-state index contributed by atoms with van der Waals surface area (Å²) < 4.78 is 4.99. The highest BCUT2D eigenvalue weighted by Gasteiger charge is 2.42. The van der Waals surface area contributed by atoms with Gasteiger partial charge in [-0.05, 0) is 27.2 Å². The molecule has 7 heteroatoms. The molecule has 1 heterocycles. The summed E-state index contributed by atoms with van der Waals surface area (Å²) in [6, 6.07) is 0. The molecule has 0 radical (unpaired) electrons. The van der Waals surface area contributed by atoms with Crippen molar-refractivity contribution in [2.45, 2.75) is 51.8 Å². The highest BCUT2D eigenvalue weighted by molar-refractivity contribution is 5.92. The van der Waals surface area contributed by atoms with E-state index in [1.165, 1.54) is 0 Å². The Hall–Kier alpha value is -1.66. The van der Waals surface area contributed by atoms with Gasteiger partial charge in [-0.15, -0.1) is 0 Å². The Morgan fingerprint density at radius 3 is 2.59 bits per heavy atom. The fourth-order valence-corrected chi connectivity index (χ4v) is 1.59. The van der Waals surface area contributed by atoms with Crippen molar-refractivity contribution >= 4 is 12.0 Å². The normalized spacial score (nSPS) is 21.2. The molecule has 7 nitrogen and oxygen atoms in total. The average Bonchev–Trinajstić information content (AvgIpc) is 2.13. The quantitative estimate of drug-likeness (QED) is 0.515. The predicted octanol–water partition coefficient (Wildman–Crippen LogP) is 1.54. The van der Waals surface area contributed by atoms with E-state index in [1.54, 1.807) is 20.8 Å². The van der Waals surface area contributed by atoms with Crippen LogP contribution in [0.15, 0.2) is 0 Å². The number of carbonyl (C=O) groups is 2. The van der Waals surface area contributed by atoms with Crippen molar-refractivity contribution in [1.82, 2.24) is 4.90 Å². The van der Waals surface area contributed by atoms with Crippen LogP contribution in [0.4, 0.5) is 4.79 Å². The minimum atomic E-state index is -1.30. The maximum atomic E-state index is 11.7. The number of nitrogens with zero attached hydrogens (tertiary/aromatic N) is 2. The molecule has 0 bridgehead atoms. The number of nitro groups is 1. The zero-order chi connectivity index (χ0) is 13.2. The van der Waals surface area contributed by atoms with Crippen LogP contribution in [-0.4, -0.2) is 33.6 Å². The van der Waals surface area contributed by atoms with E-state index in [4.69, 9.17) is 4.74 Å². The number of imide groups is 1. The van der Waals surface area contributed by atoms with Gasteiger partial charge in [-0.1, -0.05) is 0 Å². The van der Waals surface area contributed by atoms with Crippen LogP contribution in [0, 0.1) is 10.1 Å². The third-order valence-corrected chi connectivity index (χ3v) is 2.25. The van der Waals surface area contributed by atoms with Crippen LogP contribution in [0.25, 0.3) is 0 Å². The fraction of sp³-hybridized carbons (Fsp3) is 0.800. The molecule has 0 spiro atoms. The maximum absolute atomic E-state index is 11.7. The molecule has 0 aromatic rings. The van der Waals surface area contributed by atoms with Gasteiger partial charge in [0.05, 0.1) is 0 Å². The van der Waals surface area contributed by atoms with E-state index >= 15 is 0 Å². The molecule has 1 fully saturated rings. The Labute approximate surface area is 98.9 Å². The number of rotatable bonds is 1. The Morgan fingerprint density at radius 1 is 1.53 bits per heavy atom. The van der Waals surface area contributed by atoms with E-state index in [9.17, 15) is 19.7 Å². The number of ether oxygens (including phenoxy) is 1. The van der Waals surface area contributed by atoms with Gasteiger partial charge in [0.2, 0.25) is 5.91 Å². The monoisotopic (exact) mass is 244 g/mol. The number of piperidine rings is 1. The molecule has 0 aromatic carbocycles. The molecule has 2 amide bonds. The summed E-state index contributed by atoms with van der Waals surface area (Å²) in [4.78, 5) is 34.1. The molecule has 1 aliphatic heterocycles. The van der Waals surface area contributed by atoms with Crippen molar-refractivity contribution < 1.29 is 19.2 Å². The van der Waals surface area contributed by atoms with E-state index in [0.29, 0.717) is 11.3 Å². The molecule has 1 aliphatic rings. The number of likely N-dealkylation sites (tertiary alicyclic amines) is 1. The van der Waals surface area contributed by atoms with E-state index in [-0.39, 0.29) is 12.8 Å². The van der Waals surface area contributed by atoms with Gasteiger partial charge in [0.15, 0.2) is 0 Å². The van der Waals surface area contributed by atoms with Crippen LogP contribution < -0.4 is 0 Å². The molecule has 1 unspecified atom stereocenters. The number of amides is 2.